The van der Waals surface area contributed by atoms with Crippen molar-refractivity contribution in [2.24, 2.45) is 0 Å². The predicted molar refractivity (Wildman–Crippen MR) is 178 cm³/mol. The molecule has 3 aromatic carbocycles. The maximum Gasteiger partial charge on any atom is 0.425 e. The zero-order valence-corrected chi connectivity index (χ0v) is 28.4. The van der Waals surface area contributed by atoms with E-state index >= 15 is 0 Å². The van der Waals surface area contributed by atoms with Gasteiger partial charge in [-0.25, -0.2) is 18.8 Å². The van der Waals surface area contributed by atoms with E-state index in [4.69, 9.17) is 18.9 Å². The molecule has 0 heterocycles. The predicted octanol–water partition coefficient (Wildman–Crippen LogP) is 9.69. The van der Waals surface area contributed by atoms with E-state index in [-0.39, 0.29) is 23.5 Å². The third-order valence-electron chi connectivity index (χ3n) is 7.60. The molecule has 50 heavy (non-hydrogen) atoms. The molecule has 272 valence electrons. The second-order valence-electron chi connectivity index (χ2n) is 11.6. The Morgan fingerprint density at radius 3 is 1.78 bits per heavy atom. The summed E-state index contributed by atoms with van der Waals surface area (Å²) in [6, 6.07) is 14.6. The van der Waals surface area contributed by atoms with Gasteiger partial charge in [0.05, 0.1) is 23.3 Å². The Balaban J connectivity index is 1.48. The van der Waals surface area contributed by atoms with Crippen molar-refractivity contribution in [3.63, 3.8) is 0 Å². The largest absolute Gasteiger partial charge is 0.494 e. The van der Waals surface area contributed by atoms with Crippen molar-refractivity contribution in [3.05, 3.63) is 89.2 Å². The summed E-state index contributed by atoms with van der Waals surface area (Å²) in [5, 5.41) is 0. The Morgan fingerprint density at radius 1 is 0.640 bits per heavy atom. The van der Waals surface area contributed by atoms with E-state index in [0.29, 0.717) is 50.0 Å². The van der Waals surface area contributed by atoms with Crippen LogP contribution in [-0.4, -0.2) is 50.0 Å². The van der Waals surface area contributed by atoms with Gasteiger partial charge in [0.15, 0.2) is 6.10 Å². The quantitative estimate of drug-likeness (QED) is 0.0468. The highest BCUT2D eigenvalue weighted by Gasteiger charge is 2.42. The van der Waals surface area contributed by atoms with Gasteiger partial charge in [-0.2, -0.15) is 13.2 Å². The summed E-state index contributed by atoms with van der Waals surface area (Å²) in [4.78, 5) is 37.6. The number of alkyl halides is 3. The van der Waals surface area contributed by atoms with Crippen LogP contribution >= 0.6 is 0 Å². The molecule has 0 aliphatic rings. The number of rotatable bonds is 21. The number of unbranched alkanes of at least 4 members (excludes halogenated alkanes) is 7. The highest BCUT2D eigenvalue weighted by molar-refractivity contribution is 5.93. The molecule has 0 aliphatic carbocycles. The summed E-state index contributed by atoms with van der Waals surface area (Å²) >= 11 is 0. The van der Waals surface area contributed by atoms with Crippen molar-refractivity contribution < 1.29 is 55.6 Å². The zero-order valence-electron chi connectivity index (χ0n) is 28.4. The second kappa shape index (κ2) is 20.9. The van der Waals surface area contributed by atoms with Gasteiger partial charge in [-0.3, -0.25) is 0 Å². The summed E-state index contributed by atoms with van der Waals surface area (Å²) < 4.78 is 81.2. The molecule has 8 nitrogen and oxygen atoms in total. The van der Waals surface area contributed by atoms with Gasteiger partial charge in [-0.05, 0) is 93.3 Å². The smallest absolute Gasteiger partial charge is 0.425 e. The van der Waals surface area contributed by atoms with Crippen LogP contribution in [0.5, 0.6) is 17.2 Å². The average molecular weight is 705 g/mol. The number of ether oxygens (including phenoxy) is 5. The number of benzene rings is 3. The van der Waals surface area contributed by atoms with E-state index in [1.54, 1.807) is 24.3 Å². The molecule has 0 saturated carbocycles. The van der Waals surface area contributed by atoms with E-state index < -0.39 is 48.0 Å². The van der Waals surface area contributed by atoms with E-state index in [1.165, 1.54) is 49.9 Å². The number of halogens is 4. The van der Waals surface area contributed by atoms with Gasteiger partial charge in [0.25, 0.3) is 0 Å². The Kier molecular flexibility index (Phi) is 16.7. The number of hydrogen-bond donors (Lipinski definition) is 0. The van der Waals surface area contributed by atoms with Crippen LogP contribution in [0.15, 0.2) is 66.7 Å². The molecule has 0 fully saturated rings. The normalized spacial score (nSPS) is 11.9. The second-order valence-corrected chi connectivity index (χ2v) is 11.6. The van der Waals surface area contributed by atoms with Gasteiger partial charge in [-0.15, -0.1) is 0 Å². The summed E-state index contributed by atoms with van der Waals surface area (Å²) in [7, 11) is 0. The lowest BCUT2D eigenvalue weighted by Gasteiger charge is -2.21. The van der Waals surface area contributed by atoms with Crippen LogP contribution in [0.4, 0.5) is 17.6 Å². The SMILES string of the molecule is CCCCCCCCOc1ccc(C(=O)Oc2ccc(C(=O)Oc3ccc(C(=O)O[C@H](CCCCCOCC)C(F)(F)F)c(F)c3)cc2)cc1. The van der Waals surface area contributed by atoms with E-state index in [2.05, 4.69) is 11.7 Å². The zero-order chi connectivity index (χ0) is 36.4. The number of carbonyl (C=O) groups excluding carboxylic acids is 3. The van der Waals surface area contributed by atoms with Crippen molar-refractivity contribution >= 4 is 17.9 Å². The average Bonchev–Trinajstić information content (AvgIpc) is 3.09. The molecule has 12 heteroatoms. The third kappa shape index (κ3) is 13.8. The van der Waals surface area contributed by atoms with Crippen molar-refractivity contribution in [1.82, 2.24) is 0 Å². The Hall–Kier alpha value is -4.45. The fraction of sp³-hybridized carbons (Fsp3) is 0.447. The number of hydrogen-bond acceptors (Lipinski definition) is 8. The molecule has 0 saturated heterocycles. The van der Waals surface area contributed by atoms with Gasteiger partial charge < -0.3 is 23.7 Å². The van der Waals surface area contributed by atoms with Crippen molar-refractivity contribution in [2.45, 2.75) is 90.3 Å². The highest BCUT2D eigenvalue weighted by atomic mass is 19.4. The van der Waals surface area contributed by atoms with Crippen LogP contribution in [0.3, 0.4) is 0 Å². The van der Waals surface area contributed by atoms with Crippen molar-refractivity contribution in [1.29, 1.82) is 0 Å². The first-order chi connectivity index (χ1) is 24.0. The first kappa shape index (κ1) is 40.0. The van der Waals surface area contributed by atoms with Crippen LogP contribution in [0, 0.1) is 5.82 Å². The minimum absolute atomic E-state index is 0.0369. The van der Waals surface area contributed by atoms with Crippen LogP contribution in [0.25, 0.3) is 0 Å². The third-order valence-corrected chi connectivity index (χ3v) is 7.60. The summed E-state index contributed by atoms with van der Waals surface area (Å²) in [5.74, 6) is -3.70. The molecule has 0 unspecified atom stereocenters. The fourth-order valence-corrected chi connectivity index (χ4v) is 4.81. The Bertz CT molecular complexity index is 1490. The molecule has 0 radical (unpaired) electrons. The molecule has 0 spiro atoms. The standard InChI is InChI=1S/C38H44F4O8/c1-3-5-6-7-8-12-25-47-29-18-14-27(15-19-29)35(43)48-30-20-16-28(17-21-30)36(44)49-31-22-23-32(33(39)26-31)37(45)50-34(38(40,41)42)13-10-9-11-24-46-4-2/h14-23,26,34H,3-13,24-25H2,1-2H3/t34-/m1/s1. The van der Waals surface area contributed by atoms with Gasteiger partial charge in [0, 0.05) is 19.3 Å². The van der Waals surface area contributed by atoms with E-state index in [0.717, 1.165) is 25.0 Å². The molecular formula is C38H44F4O8. The van der Waals surface area contributed by atoms with Crippen LogP contribution in [0.2, 0.25) is 0 Å². The van der Waals surface area contributed by atoms with Crippen molar-refractivity contribution in [3.8, 4) is 17.2 Å². The topological polar surface area (TPSA) is 97.4 Å². The van der Waals surface area contributed by atoms with Gasteiger partial charge in [-0.1, -0.05) is 45.4 Å². The summed E-state index contributed by atoms with van der Waals surface area (Å²) in [6.45, 7) is 5.51. The molecule has 0 bridgehead atoms. The molecule has 3 aromatic rings. The first-order valence-corrected chi connectivity index (χ1v) is 16.9. The van der Waals surface area contributed by atoms with Crippen LogP contribution in [-0.2, 0) is 9.47 Å². The maximum atomic E-state index is 14.7. The Morgan fingerprint density at radius 2 is 1.18 bits per heavy atom. The maximum absolute atomic E-state index is 14.7. The number of esters is 3. The lowest BCUT2D eigenvalue weighted by Crippen LogP contribution is -2.34. The van der Waals surface area contributed by atoms with Gasteiger partial charge in [0.2, 0.25) is 0 Å². The first-order valence-electron chi connectivity index (χ1n) is 16.9. The molecular weight excluding hydrogens is 660 g/mol. The molecule has 0 amide bonds. The monoisotopic (exact) mass is 704 g/mol. The summed E-state index contributed by atoms with van der Waals surface area (Å²) in [5.41, 5.74) is -0.399. The summed E-state index contributed by atoms with van der Waals surface area (Å²) in [6.07, 6.45) is 0.367. The Labute approximate surface area is 290 Å². The minimum Gasteiger partial charge on any atom is -0.494 e. The molecule has 0 aromatic heterocycles. The highest BCUT2D eigenvalue weighted by Crippen LogP contribution is 2.29. The van der Waals surface area contributed by atoms with E-state index in [1.807, 2.05) is 6.92 Å². The van der Waals surface area contributed by atoms with Crippen LogP contribution < -0.4 is 14.2 Å². The van der Waals surface area contributed by atoms with Gasteiger partial charge >= 0.3 is 24.1 Å². The number of carbonyl (C=O) groups is 3. The molecule has 0 N–H and O–H groups in total. The minimum atomic E-state index is -4.83. The lowest BCUT2D eigenvalue weighted by molar-refractivity contribution is -0.206. The molecule has 3 rings (SSSR count). The molecule has 1 atom stereocenters. The van der Waals surface area contributed by atoms with Crippen LogP contribution in [0.1, 0.15) is 109 Å². The van der Waals surface area contributed by atoms with Crippen molar-refractivity contribution in [2.75, 3.05) is 19.8 Å². The lowest BCUT2D eigenvalue weighted by atomic mass is 10.1. The van der Waals surface area contributed by atoms with Gasteiger partial charge in [0.1, 0.15) is 23.1 Å². The fourth-order valence-electron chi connectivity index (χ4n) is 4.81. The van der Waals surface area contributed by atoms with E-state index in [9.17, 15) is 31.9 Å². The molecule has 0 aliphatic heterocycles.